The fourth-order valence-electron chi connectivity index (χ4n) is 5.81. The fourth-order valence-corrected chi connectivity index (χ4v) is 5.81. The van der Waals surface area contributed by atoms with Gasteiger partial charge in [0.05, 0.1) is 38.6 Å². The molecule has 2 aliphatic heterocycles. The second kappa shape index (κ2) is 9.16. The summed E-state index contributed by atoms with van der Waals surface area (Å²) in [6.45, 7) is 12.8. The fraction of sp³-hybridized carbons (Fsp3) is 0.917. The Bertz CT molecular complexity index is 457. The number of hydrogen-bond donors (Lipinski definition) is 0. The summed E-state index contributed by atoms with van der Waals surface area (Å²) in [4.78, 5) is 0. The first-order valence-electron chi connectivity index (χ1n) is 11.6. The summed E-state index contributed by atoms with van der Waals surface area (Å²) in [5.74, 6) is 3.92. The first-order valence-corrected chi connectivity index (χ1v) is 11.6. The van der Waals surface area contributed by atoms with E-state index in [1.165, 1.54) is 25.7 Å². The first kappa shape index (κ1) is 20.8. The van der Waals surface area contributed by atoms with Gasteiger partial charge in [-0.05, 0) is 61.2 Å². The van der Waals surface area contributed by atoms with Crippen LogP contribution in [0.4, 0.5) is 0 Å². The lowest BCUT2D eigenvalue weighted by Crippen LogP contribution is -2.37. The predicted octanol–water partition coefficient (Wildman–Crippen LogP) is 4.48. The minimum atomic E-state index is 0.372. The third-order valence-electron chi connectivity index (χ3n) is 7.35. The van der Waals surface area contributed by atoms with Gasteiger partial charge in [0.2, 0.25) is 0 Å². The van der Waals surface area contributed by atoms with Crippen LogP contribution in [0.1, 0.15) is 53.4 Å². The maximum absolute atomic E-state index is 6.19. The van der Waals surface area contributed by atoms with E-state index < -0.39 is 0 Å². The van der Waals surface area contributed by atoms with Crippen molar-refractivity contribution in [2.75, 3.05) is 26.4 Å². The van der Waals surface area contributed by atoms with Crippen molar-refractivity contribution in [2.45, 2.75) is 77.8 Å². The number of ether oxygens (including phenoxy) is 4. The van der Waals surface area contributed by atoms with E-state index in [1.54, 1.807) is 0 Å². The van der Waals surface area contributed by atoms with Crippen molar-refractivity contribution in [2.24, 2.45) is 35.5 Å². The van der Waals surface area contributed by atoms with E-state index in [4.69, 9.17) is 18.9 Å². The summed E-state index contributed by atoms with van der Waals surface area (Å²) in [5.41, 5.74) is 0. The van der Waals surface area contributed by atoms with Crippen molar-refractivity contribution in [3.8, 4) is 0 Å². The Morgan fingerprint density at radius 2 is 0.964 bits per heavy atom. The molecule has 4 nitrogen and oxygen atoms in total. The Kier molecular flexibility index (Phi) is 6.81. The number of hydrogen-bond acceptors (Lipinski definition) is 4. The SMILES string of the molecule is CC1CC(/C=C/C2CC(C)C(OCC3CO3)C(C)C2)CC(C)C1OCC1CO1. The molecular formula is C24H40O4. The lowest BCUT2D eigenvalue weighted by atomic mass is 9.72. The van der Waals surface area contributed by atoms with Crippen LogP contribution < -0.4 is 0 Å². The Labute approximate surface area is 171 Å². The van der Waals surface area contributed by atoms with E-state index in [0.29, 0.717) is 59.9 Å². The average Bonchev–Trinajstić information content (AvgIpc) is 3.53. The lowest BCUT2D eigenvalue weighted by molar-refractivity contribution is -0.0519. The standard InChI is InChI=1S/C24H40O4/c1-15-7-19(8-16(2)23(15)27-13-21-11-25-21)5-6-20-9-17(3)24(18(4)10-20)28-14-22-12-26-22/h5-6,15-24H,7-14H2,1-4H3/b6-5+. The summed E-state index contributed by atoms with van der Waals surface area (Å²) in [6, 6.07) is 0. The normalized spacial score (nSPS) is 48.7. The molecule has 0 N–H and O–H groups in total. The van der Waals surface area contributed by atoms with Crippen LogP contribution in [0.5, 0.6) is 0 Å². The van der Waals surface area contributed by atoms with Gasteiger partial charge in [-0.25, -0.2) is 0 Å². The molecule has 28 heavy (non-hydrogen) atoms. The summed E-state index contributed by atoms with van der Waals surface area (Å²) >= 11 is 0. The molecule has 6 unspecified atom stereocenters. The quantitative estimate of drug-likeness (QED) is 0.451. The van der Waals surface area contributed by atoms with Gasteiger partial charge in [0.25, 0.3) is 0 Å². The summed E-state index contributed by atoms with van der Waals surface area (Å²) in [6.07, 6.45) is 11.6. The highest BCUT2D eigenvalue weighted by molar-refractivity contribution is 5.00. The molecule has 4 rings (SSSR count). The molecule has 0 bridgehead atoms. The van der Waals surface area contributed by atoms with E-state index in [-0.39, 0.29) is 0 Å². The van der Waals surface area contributed by atoms with Crippen LogP contribution in [0.15, 0.2) is 12.2 Å². The van der Waals surface area contributed by atoms with Gasteiger partial charge in [-0.3, -0.25) is 0 Å². The van der Waals surface area contributed by atoms with Gasteiger partial charge in [0, 0.05) is 0 Å². The molecule has 0 amide bonds. The molecule has 4 fully saturated rings. The van der Waals surface area contributed by atoms with Crippen LogP contribution >= 0.6 is 0 Å². The van der Waals surface area contributed by atoms with Crippen LogP contribution in [0.2, 0.25) is 0 Å². The van der Waals surface area contributed by atoms with Crippen molar-refractivity contribution < 1.29 is 18.9 Å². The molecule has 2 saturated carbocycles. The van der Waals surface area contributed by atoms with Crippen molar-refractivity contribution in [1.82, 2.24) is 0 Å². The maximum Gasteiger partial charge on any atom is 0.104 e. The third-order valence-corrected chi connectivity index (χ3v) is 7.35. The number of allylic oxidation sites excluding steroid dienone is 2. The Morgan fingerprint density at radius 1 is 0.643 bits per heavy atom. The van der Waals surface area contributed by atoms with Crippen LogP contribution in [0.3, 0.4) is 0 Å². The number of epoxide rings is 2. The number of rotatable bonds is 8. The molecule has 4 heteroatoms. The molecule has 0 aromatic carbocycles. The van der Waals surface area contributed by atoms with E-state index in [9.17, 15) is 0 Å². The summed E-state index contributed by atoms with van der Waals surface area (Å²) < 4.78 is 23.0. The second-order valence-corrected chi connectivity index (χ2v) is 10.3. The topological polar surface area (TPSA) is 43.5 Å². The highest BCUT2D eigenvalue weighted by atomic mass is 16.6. The highest BCUT2D eigenvalue weighted by Gasteiger charge is 2.36. The highest BCUT2D eigenvalue weighted by Crippen LogP contribution is 2.39. The van der Waals surface area contributed by atoms with Gasteiger partial charge in [-0.15, -0.1) is 0 Å². The molecule has 0 aromatic rings. The second-order valence-electron chi connectivity index (χ2n) is 10.3. The minimum Gasteiger partial charge on any atom is -0.375 e. The first-order chi connectivity index (χ1) is 13.5. The maximum atomic E-state index is 6.19. The zero-order valence-electron chi connectivity index (χ0n) is 18.2. The minimum absolute atomic E-state index is 0.372. The van der Waals surface area contributed by atoms with Gasteiger partial charge in [0.15, 0.2) is 0 Å². The van der Waals surface area contributed by atoms with Gasteiger partial charge < -0.3 is 18.9 Å². The van der Waals surface area contributed by atoms with Crippen molar-refractivity contribution in [1.29, 1.82) is 0 Å². The van der Waals surface area contributed by atoms with E-state index in [1.807, 2.05) is 0 Å². The Morgan fingerprint density at radius 3 is 1.25 bits per heavy atom. The molecule has 0 aromatic heterocycles. The summed E-state index contributed by atoms with van der Waals surface area (Å²) in [7, 11) is 0. The van der Waals surface area contributed by atoms with Crippen molar-refractivity contribution in [3.63, 3.8) is 0 Å². The predicted molar refractivity (Wildman–Crippen MR) is 110 cm³/mol. The lowest BCUT2D eigenvalue weighted by Gasteiger charge is -2.39. The Balaban J connectivity index is 1.23. The molecular weight excluding hydrogens is 352 g/mol. The average molecular weight is 393 g/mol. The molecule has 0 spiro atoms. The molecule has 6 atom stereocenters. The molecule has 2 saturated heterocycles. The Hall–Kier alpha value is -0.420. The molecule has 0 radical (unpaired) electrons. The molecule has 4 aliphatic rings. The van der Waals surface area contributed by atoms with E-state index in [2.05, 4.69) is 39.8 Å². The van der Waals surface area contributed by atoms with Crippen LogP contribution in [-0.2, 0) is 18.9 Å². The van der Waals surface area contributed by atoms with Gasteiger partial charge >= 0.3 is 0 Å². The monoisotopic (exact) mass is 392 g/mol. The van der Waals surface area contributed by atoms with Gasteiger partial charge in [-0.2, -0.15) is 0 Å². The smallest absolute Gasteiger partial charge is 0.104 e. The van der Waals surface area contributed by atoms with E-state index in [0.717, 1.165) is 26.4 Å². The molecule has 2 heterocycles. The van der Waals surface area contributed by atoms with Gasteiger partial charge in [-0.1, -0.05) is 39.8 Å². The third kappa shape index (κ3) is 5.59. The van der Waals surface area contributed by atoms with Crippen molar-refractivity contribution >= 4 is 0 Å². The van der Waals surface area contributed by atoms with E-state index >= 15 is 0 Å². The zero-order valence-corrected chi connectivity index (χ0v) is 18.2. The molecule has 160 valence electrons. The van der Waals surface area contributed by atoms with Crippen LogP contribution in [-0.4, -0.2) is 50.8 Å². The van der Waals surface area contributed by atoms with Crippen LogP contribution in [0, 0.1) is 35.5 Å². The van der Waals surface area contributed by atoms with Gasteiger partial charge in [0.1, 0.15) is 12.2 Å². The zero-order chi connectivity index (χ0) is 19.7. The largest absolute Gasteiger partial charge is 0.375 e. The van der Waals surface area contributed by atoms with Crippen LogP contribution in [0.25, 0.3) is 0 Å². The van der Waals surface area contributed by atoms with Crippen molar-refractivity contribution in [3.05, 3.63) is 12.2 Å². The summed E-state index contributed by atoms with van der Waals surface area (Å²) in [5, 5.41) is 0. The molecule has 2 aliphatic carbocycles.